The van der Waals surface area contributed by atoms with Gasteiger partial charge in [-0.2, -0.15) is 0 Å². The van der Waals surface area contributed by atoms with Crippen LogP contribution < -0.4 is 14.8 Å². The highest BCUT2D eigenvalue weighted by Gasteiger charge is 2.30. The zero-order valence-electron chi connectivity index (χ0n) is 16.2. The Morgan fingerprint density at radius 3 is 2.67 bits per heavy atom. The number of benzene rings is 2. The summed E-state index contributed by atoms with van der Waals surface area (Å²) in [5.41, 5.74) is 0.733. The lowest BCUT2D eigenvalue weighted by Crippen LogP contribution is -2.52. The Morgan fingerprint density at radius 2 is 1.97 bits per heavy atom. The number of rotatable bonds is 6. The lowest BCUT2D eigenvalue weighted by Gasteiger charge is -2.25. The summed E-state index contributed by atoms with van der Waals surface area (Å²) in [7, 11) is 1.47. The maximum absolute atomic E-state index is 13.9. The number of ether oxygens (including phenoxy) is 2. The van der Waals surface area contributed by atoms with E-state index in [1.165, 1.54) is 30.2 Å². The van der Waals surface area contributed by atoms with E-state index in [1.54, 1.807) is 31.2 Å². The first-order valence-electron chi connectivity index (χ1n) is 8.99. The minimum atomic E-state index is -0.600. The van der Waals surface area contributed by atoms with E-state index in [4.69, 9.17) is 33.3 Å². The molecule has 1 aliphatic heterocycles. The predicted molar refractivity (Wildman–Crippen MR) is 115 cm³/mol. The average Bonchev–Trinajstić information content (AvgIpc) is 2.70. The van der Waals surface area contributed by atoms with Crippen molar-refractivity contribution in [2.24, 2.45) is 0 Å². The van der Waals surface area contributed by atoms with E-state index in [2.05, 4.69) is 5.32 Å². The summed E-state index contributed by atoms with van der Waals surface area (Å²) in [4.78, 5) is 25.7. The van der Waals surface area contributed by atoms with Gasteiger partial charge < -0.3 is 9.47 Å². The van der Waals surface area contributed by atoms with Crippen molar-refractivity contribution in [3.63, 3.8) is 0 Å². The molecule has 2 aromatic carbocycles. The van der Waals surface area contributed by atoms with Gasteiger partial charge in [0.25, 0.3) is 11.8 Å². The van der Waals surface area contributed by atoms with Crippen molar-refractivity contribution in [2.75, 3.05) is 13.7 Å². The van der Waals surface area contributed by atoms with E-state index in [9.17, 15) is 14.0 Å². The van der Waals surface area contributed by atoms with Crippen LogP contribution in [0.3, 0.4) is 0 Å². The number of amides is 2. The Kier molecular flexibility index (Phi) is 6.69. The van der Waals surface area contributed by atoms with Gasteiger partial charge in [0.15, 0.2) is 16.6 Å². The van der Waals surface area contributed by atoms with Crippen LogP contribution in [0.25, 0.3) is 6.08 Å². The second kappa shape index (κ2) is 9.23. The van der Waals surface area contributed by atoms with Crippen LogP contribution in [0.5, 0.6) is 11.5 Å². The number of hydrogen-bond acceptors (Lipinski definition) is 5. The Balaban J connectivity index is 1.93. The fourth-order valence-corrected chi connectivity index (χ4v) is 3.20. The predicted octanol–water partition coefficient (Wildman–Crippen LogP) is 3.71. The van der Waals surface area contributed by atoms with Gasteiger partial charge in [0, 0.05) is 12.6 Å². The van der Waals surface area contributed by atoms with E-state index >= 15 is 0 Å². The van der Waals surface area contributed by atoms with E-state index in [-0.39, 0.29) is 28.1 Å². The molecule has 6 nitrogen and oxygen atoms in total. The molecule has 1 heterocycles. The fourth-order valence-electron chi connectivity index (χ4n) is 2.75. The lowest BCUT2D eigenvalue weighted by atomic mass is 10.1. The monoisotopic (exact) mass is 448 g/mol. The highest BCUT2D eigenvalue weighted by atomic mass is 35.5. The molecule has 30 heavy (non-hydrogen) atoms. The van der Waals surface area contributed by atoms with E-state index in [0.29, 0.717) is 23.5 Å². The smallest absolute Gasteiger partial charge is 0.265 e. The van der Waals surface area contributed by atoms with Crippen molar-refractivity contribution in [3.05, 3.63) is 63.9 Å². The zero-order chi connectivity index (χ0) is 21.8. The molecule has 1 aliphatic rings. The topological polar surface area (TPSA) is 67.9 Å². The van der Waals surface area contributed by atoms with Crippen LogP contribution in [-0.4, -0.2) is 35.5 Å². The first-order chi connectivity index (χ1) is 14.3. The standard InChI is InChI=1S/C21H18ClFN2O4S/c1-3-28-17-10-12(8-14-19(26)24-21(30)25(2)20(14)27)9-15(22)18(17)29-11-13-6-4-5-7-16(13)23/h4-10H,3,11H2,1-2H3,(H,24,26,30). The van der Waals surface area contributed by atoms with Crippen molar-refractivity contribution in [2.45, 2.75) is 13.5 Å². The van der Waals surface area contributed by atoms with Gasteiger partial charge in [0.1, 0.15) is 18.0 Å². The Bertz CT molecular complexity index is 1060. The van der Waals surface area contributed by atoms with Gasteiger partial charge in [0.2, 0.25) is 0 Å². The molecule has 2 aromatic rings. The molecule has 2 amide bonds. The van der Waals surface area contributed by atoms with Crippen LogP contribution in [0.4, 0.5) is 4.39 Å². The zero-order valence-corrected chi connectivity index (χ0v) is 17.8. The van der Waals surface area contributed by atoms with Crippen molar-refractivity contribution in [1.82, 2.24) is 10.2 Å². The molecular weight excluding hydrogens is 431 g/mol. The Morgan fingerprint density at radius 1 is 1.23 bits per heavy atom. The highest BCUT2D eigenvalue weighted by molar-refractivity contribution is 7.80. The third-order valence-electron chi connectivity index (χ3n) is 4.28. The number of thiocarbonyl (C=S) groups is 1. The molecule has 0 spiro atoms. The minimum absolute atomic E-state index is 0.0343. The van der Waals surface area contributed by atoms with Gasteiger partial charge in [-0.25, -0.2) is 4.39 Å². The van der Waals surface area contributed by atoms with Crippen LogP contribution in [0.1, 0.15) is 18.1 Å². The van der Waals surface area contributed by atoms with Crippen LogP contribution in [0.2, 0.25) is 5.02 Å². The molecule has 156 valence electrons. The average molecular weight is 449 g/mol. The summed E-state index contributed by atoms with van der Waals surface area (Å²) >= 11 is 11.3. The maximum atomic E-state index is 13.9. The molecular formula is C21H18ClFN2O4S. The van der Waals surface area contributed by atoms with Gasteiger partial charge >= 0.3 is 0 Å². The second-order valence-electron chi connectivity index (χ2n) is 6.32. The summed E-state index contributed by atoms with van der Waals surface area (Å²) in [5.74, 6) is -0.978. The molecule has 0 saturated carbocycles. The number of nitrogens with one attached hydrogen (secondary N) is 1. The molecule has 0 aromatic heterocycles. The first-order valence-corrected chi connectivity index (χ1v) is 9.78. The summed E-state index contributed by atoms with van der Waals surface area (Å²) < 4.78 is 25.2. The number of nitrogens with zero attached hydrogens (tertiary/aromatic N) is 1. The number of halogens is 2. The third-order valence-corrected chi connectivity index (χ3v) is 4.93. The normalized spacial score (nSPS) is 15.4. The van der Waals surface area contributed by atoms with Gasteiger partial charge in [-0.3, -0.25) is 19.8 Å². The highest BCUT2D eigenvalue weighted by Crippen LogP contribution is 2.38. The van der Waals surface area contributed by atoms with Crippen LogP contribution in [0.15, 0.2) is 42.0 Å². The Labute approximate surface area is 183 Å². The molecule has 0 unspecified atom stereocenters. The number of likely N-dealkylation sites (N-methyl/N-ethyl adjacent to an activating group) is 1. The molecule has 0 radical (unpaired) electrons. The van der Waals surface area contributed by atoms with E-state index < -0.39 is 17.6 Å². The number of carbonyl (C=O) groups is 2. The summed E-state index contributed by atoms with van der Waals surface area (Å²) in [5, 5.41) is 2.67. The van der Waals surface area contributed by atoms with E-state index in [1.807, 2.05) is 0 Å². The summed E-state index contributed by atoms with van der Waals surface area (Å²) in [6, 6.07) is 9.36. The van der Waals surface area contributed by atoms with Gasteiger partial charge in [-0.05, 0) is 49.0 Å². The van der Waals surface area contributed by atoms with Gasteiger partial charge in [-0.1, -0.05) is 29.8 Å². The fraction of sp³-hybridized carbons (Fsp3) is 0.190. The van der Waals surface area contributed by atoms with Crippen LogP contribution >= 0.6 is 23.8 Å². The second-order valence-corrected chi connectivity index (χ2v) is 7.12. The van der Waals surface area contributed by atoms with Crippen molar-refractivity contribution < 1.29 is 23.5 Å². The van der Waals surface area contributed by atoms with Gasteiger partial charge in [-0.15, -0.1) is 0 Å². The molecule has 1 N–H and O–H groups in total. The Hall–Kier alpha value is -2.97. The number of hydrogen-bond donors (Lipinski definition) is 1. The molecule has 0 aliphatic carbocycles. The van der Waals surface area contributed by atoms with E-state index in [0.717, 1.165) is 0 Å². The number of carbonyl (C=O) groups excluding carboxylic acids is 2. The molecule has 0 atom stereocenters. The third kappa shape index (κ3) is 4.60. The van der Waals surface area contributed by atoms with Crippen LogP contribution in [-0.2, 0) is 16.2 Å². The summed E-state index contributed by atoms with van der Waals surface area (Å²) in [6.07, 6.45) is 1.39. The largest absolute Gasteiger partial charge is 0.490 e. The lowest BCUT2D eigenvalue weighted by molar-refractivity contribution is -0.128. The molecule has 1 fully saturated rings. The minimum Gasteiger partial charge on any atom is -0.490 e. The maximum Gasteiger partial charge on any atom is 0.265 e. The summed E-state index contributed by atoms with van der Waals surface area (Å²) in [6.45, 7) is 2.06. The molecule has 0 bridgehead atoms. The van der Waals surface area contributed by atoms with Crippen molar-refractivity contribution in [1.29, 1.82) is 0 Å². The first kappa shape index (κ1) is 21.7. The molecule has 1 saturated heterocycles. The van der Waals surface area contributed by atoms with Crippen molar-refractivity contribution in [3.8, 4) is 11.5 Å². The quantitative estimate of drug-likeness (QED) is 0.414. The SMILES string of the molecule is CCOc1cc(C=C2C(=O)NC(=S)N(C)C2=O)cc(Cl)c1OCc1ccccc1F. The molecule has 3 rings (SSSR count). The van der Waals surface area contributed by atoms with Gasteiger partial charge in [0.05, 0.1) is 11.6 Å². The van der Waals surface area contributed by atoms with Crippen molar-refractivity contribution >= 4 is 46.8 Å². The van der Waals surface area contributed by atoms with Crippen LogP contribution in [0, 0.1) is 5.82 Å². The molecule has 9 heteroatoms.